The van der Waals surface area contributed by atoms with Gasteiger partial charge in [-0.15, -0.1) is 0 Å². The second-order valence-corrected chi connectivity index (χ2v) is 7.25. The van der Waals surface area contributed by atoms with Gasteiger partial charge in [0, 0.05) is 13.1 Å². The number of aromatic nitrogens is 1. The van der Waals surface area contributed by atoms with E-state index in [1.54, 1.807) is 0 Å². The lowest BCUT2D eigenvalue weighted by atomic mass is 9.64. The minimum Gasteiger partial charge on any atom is -0.444 e. The van der Waals surface area contributed by atoms with Crippen molar-refractivity contribution in [3.63, 3.8) is 0 Å². The highest BCUT2D eigenvalue weighted by molar-refractivity contribution is 5.79. The Hall–Kier alpha value is -1.52. The fraction of sp³-hybridized carbons (Fsp3) is 0.778. The molecule has 1 fully saturated rings. The van der Waals surface area contributed by atoms with Crippen molar-refractivity contribution in [3.05, 3.63) is 17.3 Å². The Balaban J connectivity index is 1.93. The molecule has 1 aromatic heterocycles. The number of nitrogens with one attached hydrogen (secondary N) is 2. The smallest absolute Gasteiger partial charge is 0.216 e. The molecular formula is C18H32N4O. The predicted octanol–water partition coefficient (Wildman–Crippen LogP) is 3.56. The first kappa shape index (κ1) is 17.8. The lowest BCUT2D eigenvalue weighted by molar-refractivity contribution is 0.104. The van der Waals surface area contributed by atoms with E-state index in [0.717, 1.165) is 36.4 Å². The average Bonchev–Trinajstić information content (AvgIpc) is 2.77. The van der Waals surface area contributed by atoms with Gasteiger partial charge in [-0.2, -0.15) is 0 Å². The largest absolute Gasteiger partial charge is 0.444 e. The molecule has 0 radical (unpaired) electrons. The molecule has 0 aliphatic heterocycles. The van der Waals surface area contributed by atoms with E-state index in [1.807, 2.05) is 13.8 Å². The van der Waals surface area contributed by atoms with Gasteiger partial charge in [-0.1, -0.05) is 20.3 Å². The van der Waals surface area contributed by atoms with Crippen molar-refractivity contribution >= 4 is 5.96 Å². The first-order valence-electron chi connectivity index (χ1n) is 8.89. The minimum atomic E-state index is 0.459. The van der Waals surface area contributed by atoms with Crippen LogP contribution in [0, 0.1) is 25.2 Å². The topological polar surface area (TPSA) is 62.5 Å². The van der Waals surface area contributed by atoms with Gasteiger partial charge >= 0.3 is 0 Å². The molecule has 0 aromatic carbocycles. The Morgan fingerprint density at radius 3 is 2.52 bits per heavy atom. The minimum absolute atomic E-state index is 0.459. The molecular weight excluding hydrogens is 288 g/mol. The highest BCUT2D eigenvalue weighted by Gasteiger charge is 2.37. The van der Waals surface area contributed by atoms with Crippen LogP contribution < -0.4 is 10.6 Å². The Kier molecular flexibility index (Phi) is 6.08. The number of rotatable bonds is 7. The summed E-state index contributed by atoms with van der Waals surface area (Å²) >= 11 is 0. The van der Waals surface area contributed by atoms with Gasteiger partial charge < -0.3 is 15.1 Å². The monoisotopic (exact) mass is 320 g/mol. The third-order valence-electron chi connectivity index (χ3n) is 4.68. The van der Waals surface area contributed by atoms with Crippen LogP contribution in [0.5, 0.6) is 0 Å². The molecule has 1 heterocycles. The molecule has 1 aliphatic rings. The van der Waals surface area contributed by atoms with Gasteiger partial charge in [0.15, 0.2) is 5.96 Å². The van der Waals surface area contributed by atoms with E-state index in [9.17, 15) is 0 Å². The molecule has 1 saturated carbocycles. The predicted molar refractivity (Wildman–Crippen MR) is 94.5 cm³/mol. The fourth-order valence-electron chi connectivity index (χ4n) is 3.36. The number of guanidine groups is 1. The van der Waals surface area contributed by atoms with Crippen LogP contribution in [0.15, 0.2) is 9.41 Å². The van der Waals surface area contributed by atoms with E-state index in [0.29, 0.717) is 17.9 Å². The molecule has 0 spiro atoms. The van der Waals surface area contributed by atoms with Gasteiger partial charge in [0.25, 0.3) is 0 Å². The molecule has 130 valence electrons. The second kappa shape index (κ2) is 7.84. The third kappa shape index (κ3) is 4.98. The maximum absolute atomic E-state index is 5.60. The normalized spacial score (nSPS) is 17.2. The molecule has 0 unspecified atom stereocenters. The standard InChI is InChI=1S/C18H32N4O/c1-6-19-17(20-11-16-22-14(4)15(5)23-16)21-12-18(8-7-9-18)10-13(2)3/h13H,6-12H2,1-5H3,(H2,19,20,21). The van der Waals surface area contributed by atoms with E-state index in [4.69, 9.17) is 4.42 Å². The zero-order chi connectivity index (χ0) is 16.9. The summed E-state index contributed by atoms with van der Waals surface area (Å²) in [7, 11) is 0. The SMILES string of the molecule is CCNC(=NCc1nc(C)c(C)o1)NCC1(CC(C)C)CCC1. The van der Waals surface area contributed by atoms with E-state index in [2.05, 4.69) is 41.4 Å². The van der Waals surface area contributed by atoms with Crippen molar-refractivity contribution in [2.75, 3.05) is 13.1 Å². The molecule has 1 aromatic rings. The number of hydrogen-bond acceptors (Lipinski definition) is 3. The van der Waals surface area contributed by atoms with Gasteiger partial charge in [0.1, 0.15) is 12.3 Å². The van der Waals surface area contributed by atoms with Crippen LogP contribution in [0.3, 0.4) is 0 Å². The van der Waals surface area contributed by atoms with Crippen molar-refractivity contribution in [3.8, 4) is 0 Å². The average molecular weight is 320 g/mol. The summed E-state index contributed by atoms with van der Waals surface area (Å²) in [5.41, 5.74) is 1.40. The van der Waals surface area contributed by atoms with Crippen molar-refractivity contribution in [2.24, 2.45) is 16.3 Å². The zero-order valence-electron chi connectivity index (χ0n) is 15.3. The lowest BCUT2D eigenvalue weighted by Gasteiger charge is -2.43. The molecule has 23 heavy (non-hydrogen) atoms. The van der Waals surface area contributed by atoms with Gasteiger partial charge in [-0.25, -0.2) is 9.98 Å². The Bertz CT molecular complexity index is 510. The third-order valence-corrected chi connectivity index (χ3v) is 4.68. The summed E-state index contributed by atoms with van der Waals surface area (Å²) in [6, 6.07) is 0. The van der Waals surface area contributed by atoms with Crippen LogP contribution >= 0.6 is 0 Å². The van der Waals surface area contributed by atoms with Gasteiger partial charge in [-0.3, -0.25) is 0 Å². The van der Waals surface area contributed by atoms with E-state index < -0.39 is 0 Å². The molecule has 0 bridgehead atoms. The van der Waals surface area contributed by atoms with E-state index >= 15 is 0 Å². The van der Waals surface area contributed by atoms with Crippen LogP contribution in [0.4, 0.5) is 0 Å². The molecule has 0 amide bonds. The van der Waals surface area contributed by atoms with E-state index in [-0.39, 0.29) is 0 Å². The van der Waals surface area contributed by atoms with Gasteiger partial charge in [0.2, 0.25) is 5.89 Å². The highest BCUT2D eigenvalue weighted by atomic mass is 16.4. The molecule has 5 heteroatoms. The van der Waals surface area contributed by atoms with Crippen molar-refractivity contribution in [1.29, 1.82) is 0 Å². The van der Waals surface area contributed by atoms with Crippen LogP contribution in [-0.2, 0) is 6.54 Å². The maximum atomic E-state index is 5.60. The molecule has 2 rings (SSSR count). The summed E-state index contributed by atoms with van der Waals surface area (Å²) in [5.74, 6) is 3.15. The van der Waals surface area contributed by atoms with Crippen LogP contribution in [-0.4, -0.2) is 24.0 Å². The highest BCUT2D eigenvalue weighted by Crippen LogP contribution is 2.45. The van der Waals surface area contributed by atoms with Gasteiger partial charge in [-0.05, 0) is 51.4 Å². The summed E-state index contributed by atoms with van der Waals surface area (Å²) < 4.78 is 5.60. The van der Waals surface area contributed by atoms with Gasteiger partial charge in [0.05, 0.1) is 5.69 Å². The van der Waals surface area contributed by atoms with Crippen molar-refractivity contribution < 1.29 is 4.42 Å². The van der Waals surface area contributed by atoms with Crippen molar-refractivity contribution in [2.45, 2.75) is 66.8 Å². The van der Waals surface area contributed by atoms with Crippen molar-refractivity contribution in [1.82, 2.24) is 15.6 Å². The number of nitrogens with zero attached hydrogens (tertiary/aromatic N) is 2. The Labute approximate surface area is 140 Å². The summed E-state index contributed by atoms with van der Waals surface area (Å²) in [6.07, 6.45) is 5.31. The molecule has 1 aliphatic carbocycles. The molecule has 0 atom stereocenters. The first-order chi connectivity index (χ1) is 10.9. The fourth-order valence-corrected chi connectivity index (χ4v) is 3.36. The summed E-state index contributed by atoms with van der Waals surface area (Å²) in [6.45, 7) is 12.9. The summed E-state index contributed by atoms with van der Waals surface area (Å²) in [5, 5.41) is 6.85. The number of oxazole rings is 1. The Morgan fingerprint density at radius 2 is 2.04 bits per heavy atom. The number of hydrogen-bond donors (Lipinski definition) is 2. The Morgan fingerprint density at radius 1 is 1.30 bits per heavy atom. The van der Waals surface area contributed by atoms with E-state index in [1.165, 1.54) is 25.7 Å². The molecule has 5 nitrogen and oxygen atoms in total. The van der Waals surface area contributed by atoms with Crippen LogP contribution in [0.2, 0.25) is 0 Å². The first-order valence-corrected chi connectivity index (χ1v) is 8.89. The second-order valence-electron chi connectivity index (χ2n) is 7.25. The zero-order valence-corrected chi connectivity index (χ0v) is 15.3. The van der Waals surface area contributed by atoms with Crippen LogP contribution in [0.1, 0.15) is 63.8 Å². The van der Waals surface area contributed by atoms with Crippen LogP contribution in [0.25, 0.3) is 0 Å². The number of aliphatic imine (C=N–C) groups is 1. The molecule has 0 saturated heterocycles. The number of aryl methyl sites for hydroxylation is 2. The molecule has 2 N–H and O–H groups in total. The summed E-state index contributed by atoms with van der Waals surface area (Å²) in [4.78, 5) is 9.01. The quantitative estimate of drug-likeness (QED) is 0.595. The maximum Gasteiger partial charge on any atom is 0.216 e. The lowest BCUT2D eigenvalue weighted by Crippen LogP contribution is -2.47.